The fraction of sp³-hybridized carbons (Fsp3) is 0.304. The smallest absolute Gasteiger partial charge is 0.227 e. The third kappa shape index (κ3) is 4.88. The van der Waals surface area contributed by atoms with Crippen LogP contribution in [0.25, 0.3) is 11.3 Å². The van der Waals surface area contributed by atoms with Gasteiger partial charge in [0, 0.05) is 60.3 Å². The van der Waals surface area contributed by atoms with E-state index in [1.54, 1.807) is 6.20 Å². The predicted octanol–water partition coefficient (Wildman–Crippen LogP) is 4.11. The Kier molecular flexibility index (Phi) is 6.27. The number of thiocarbonyl (C=S) groups is 1. The van der Waals surface area contributed by atoms with Gasteiger partial charge in [-0.1, -0.05) is 23.8 Å². The Bertz CT molecular complexity index is 1150. The molecule has 0 unspecified atom stereocenters. The Hall–Kier alpha value is -2.65. The van der Waals surface area contributed by atoms with Crippen LogP contribution in [0.1, 0.15) is 11.1 Å². The Morgan fingerprint density at radius 1 is 1.16 bits per heavy atom. The van der Waals surface area contributed by atoms with Gasteiger partial charge in [-0.15, -0.1) is 0 Å². The summed E-state index contributed by atoms with van der Waals surface area (Å²) in [5, 5.41) is 7.22. The average molecular weight is 467 g/mol. The summed E-state index contributed by atoms with van der Waals surface area (Å²) < 4.78 is 5.42. The molecular formula is C23H23ClN6OS. The molecule has 2 aromatic heterocycles. The minimum absolute atomic E-state index is 0.518. The summed E-state index contributed by atoms with van der Waals surface area (Å²) in [6.07, 6.45) is 7.05. The van der Waals surface area contributed by atoms with Crippen molar-refractivity contribution >= 4 is 46.1 Å². The molecule has 5 rings (SSSR count). The van der Waals surface area contributed by atoms with E-state index in [2.05, 4.69) is 31.6 Å². The number of halogens is 1. The van der Waals surface area contributed by atoms with Gasteiger partial charge in [0.15, 0.2) is 0 Å². The zero-order valence-corrected chi connectivity index (χ0v) is 19.0. The first-order chi connectivity index (χ1) is 15.6. The minimum atomic E-state index is 0.518. The molecule has 0 amide bonds. The normalized spacial score (nSPS) is 16.0. The highest BCUT2D eigenvalue weighted by Gasteiger charge is 2.20. The maximum absolute atomic E-state index is 6.19. The molecule has 1 fully saturated rings. The van der Waals surface area contributed by atoms with Crippen LogP contribution >= 0.6 is 23.8 Å². The van der Waals surface area contributed by atoms with Crippen LogP contribution < -0.4 is 10.6 Å². The molecule has 7 nitrogen and oxygen atoms in total. The summed E-state index contributed by atoms with van der Waals surface area (Å²) in [6.45, 7) is 4.59. The molecule has 9 heteroatoms. The third-order valence-electron chi connectivity index (χ3n) is 5.60. The summed E-state index contributed by atoms with van der Waals surface area (Å²) in [5.41, 5.74) is 5.67. The van der Waals surface area contributed by atoms with Crippen LogP contribution in [-0.4, -0.2) is 57.7 Å². The van der Waals surface area contributed by atoms with E-state index in [-0.39, 0.29) is 0 Å². The van der Waals surface area contributed by atoms with Gasteiger partial charge in [-0.2, -0.15) is 0 Å². The lowest BCUT2D eigenvalue weighted by Crippen LogP contribution is -2.37. The van der Waals surface area contributed by atoms with Crippen molar-refractivity contribution in [3.8, 4) is 11.3 Å². The van der Waals surface area contributed by atoms with Crippen molar-refractivity contribution in [3.05, 3.63) is 59.0 Å². The number of nitrogens with zero attached hydrogens (tertiary/aromatic N) is 4. The molecule has 0 atom stereocenters. The van der Waals surface area contributed by atoms with Crippen LogP contribution in [0.2, 0.25) is 5.02 Å². The number of pyridine rings is 1. The molecule has 2 aliphatic rings. The van der Waals surface area contributed by atoms with Crippen LogP contribution in [0.15, 0.2) is 42.9 Å². The van der Waals surface area contributed by atoms with Crippen molar-refractivity contribution in [1.29, 1.82) is 0 Å². The van der Waals surface area contributed by atoms with Gasteiger partial charge in [-0.25, -0.2) is 9.97 Å². The lowest BCUT2D eigenvalue weighted by atomic mass is 10.1. The van der Waals surface area contributed by atoms with Gasteiger partial charge >= 0.3 is 0 Å². The van der Waals surface area contributed by atoms with Gasteiger partial charge in [0.25, 0.3) is 0 Å². The van der Waals surface area contributed by atoms with Gasteiger partial charge < -0.3 is 15.4 Å². The standard InChI is InChI=1S/C23H23ClN6OS/c24-17-1-2-19-20(11-17)28-21(32)10-16-13-26-23(29-22(16)19)27-18-9-15(12-25-14-18)3-4-30-5-7-31-8-6-30/h1-2,9,11-14H,3-8,10H2,(H,28,32)(H,26,27,29). The first kappa shape index (κ1) is 21.2. The van der Waals surface area contributed by atoms with Crippen molar-refractivity contribution in [2.45, 2.75) is 12.8 Å². The van der Waals surface area contributed by atoms with Gasteiger partial charge in [0.2, 0.25) is 5.95 Å². The Morgan fingerprint density at radius 3 is 2.91 bits per heavy atom. The number of benzene rings is 1. The second-order valence-corrected chi connectivity index (χ2v) is 8.82. The Balaban J connectivity index is 1.36. The maximum atomic E-state index is 6.19. The zero-order chi connectivity index (χ0) is 21.9. The van der Waals surface area contributed by atoms with Gasteiger partial charge in [-0.05, 0) is 36.2 Å². The molecule has 0 radical (unpaired) electrons. The van der Waals surface area contributed by atoms with Gasteiger partial charge in [0.05, 0.1) is 35.8 Å². The van der Waals surface area contributed by atoms with Crippen LogP contribution in [0, 0.1) is 0 Å². The number of hydrogen-bond acceptors (Lipinski definition) is 7. The molecule has 3 aromatic rings. The third-order valence-corrected chi connectivity index (χ3v) is 6.08. The van der Waals surface area contributed by atoms with Crippen LogP contribution in [0.5, 0.6) is 0 Å². The number of anilines is 3. The average Bonchev–Trinajstić information content (AvgIpc) is 2.93. The van der Waals surface area contributed by atoms with E-state index < -0.39 is 0 Å². The van der Waals surface area contributed by atoms with E-state index >= 15 is 0 Å². The fourth-order valence-corrected chi connectivity index (χ4v) is 4.39. The molecule has 32 heavy (non-hydrogen) atoms. The molecule has 0 aliphatic carbocycles. The van der Waals surface area contributed by atoms with Crippen molar-refractivity contribution in [1.82, 2.24) is 19.9 Å². The molecule has 164 valence electrons. The monoisotopic (exact) mass is 466 g/mol. The number of morpholine rings is 1. The lowest BCUT2D eigenvalue weighted by molar-refractivity contribution is 0.0384. The number of aromatic nitrogens is 3. The van der Waals surface area contributed by atoms with E-state index in [4.69, 9.17) is 33.5 Å². The molecule has 0 saturated carbocycles. The van der Waals surface area contributed by atoms with E-state index in [1.807, 2.05) is 30.6 Å². The molecule has 0 spiro atoms. The second kappa shape index (κ2) is 9.46. The highest BCUT2D eigenvalue weighted by atomic mass is 35.5. The molecule has 2 N–H and O–H groups in total. The molecular weight excluding hydrogens is 444 g/mol. The molecule has 4 heterocycles. The summed E-state index contributed by atoms with van der Waals surface area (Å²) in [7, 11) is 0. The number of rotatable bonds is 5. The van der Waals surface area contributed by atoms with E-state index in [9.17, 15) is 0 Å². The molecule has 0 bridgehead atoms. The Labute approximate surface area is 197 Å². The van der Waals surface area contributed by atoms with Gasteiger partial charge in [-0.3, -0.25) is 9.88 Å². The number of hydrogen-bond donors (Lipinski definition) is 2. The number of ether oxygens (including phenoxy) is 1. The van der Waals surface area contributed by atoms with Crippen LogP contribution in [0.3, 0.4) is 0 Å². The highest BCUT2D eigenvalue weighted by molar-refractivity contribution is 7.80. The van der Waals surface area contributed by atoms with Crippen molar-refractivity contribution in [3.63, 3.8) is 0 Å². The molecule has 2 aliphatic heterocycles. The van der Waals surface area contributed by atoms with E-state index in [1.165, 1.54) is 5.56 Å². The van der Waals surface area contributed by atoms with E-state index in [0.717, 1.165) is 67.5 Å². The second-order valence-electron chi connectivity index (χ2n) is 7.89. The largest absolute Gasteiger partial charge is 0.379 e. The summed E-state index contributed by atoms with van der Waals surface area (Å²) in [4.78, 5) is 16.9. The number of fused-ring (bicyclic) bond motifs is 3. The SMILES string of the molecule is S=C1Cc2cnc(Nc3cncc(CCN4CCOCC4)c3)nc2-c2ccc(Cl)cc2N1. The summed E-state index contributed by atoms with van der Waals surface area (Å²) in [5.74, 6) is 0.518. The minimum Gasteiger partial charge on any atom is -0.379 e. The Morgan fingerprint density at radius 2 is 2.03 bits per heavy atom. The molecule has 1 saturated heterocycles. The van der Waals surface area contributed by atoms with Crippen LogP contribution in [-0.2, 0) is 17.6 Å². The van der Waals surface area contributed by atoms with Crippen molar-refractivity contribution in [2.75, 3.05) is 43.5 Å². The molecule has 1 aromatic carbocycles. The fourth-order valence-electron chi connectivity index (χ4n) is 3.96. The van der Waals surface area contributed by atoms with E-state index in [0.29, 0.717) is 22.4 Å². The lowest BCUT2D eigenvalue weighted by Gasteiger charge is -2.26. The van der Waals surface area contributed by atoms with Crippen molar-refractivity contribution < 1.29 is 4.74 Å². The van der Waals surface area contributed by atoms with Crippen LogP contribution in [0.4, 0.5) is 17.3 Å². The quantitative estimate of drug-likeness (QED) is 0.544. The van der Waals surface area contributed by atoms with Gasteiger partial charge in [0.1, 0.15) is 0 Å². The predicted molar refractivity (Wildman–Crippen MR) is 131 cm³/mol. The van der Waals surface area contributed by atoms with Crippen molar-refractivity contribution in [2.24, 2.45) is 0 Å². The topological polar surface area (TPSA) is 75.2 Å². The maximum Gasteiger partial charge on any atom is 0.227 e. The first-order valence-corrected chi connectivity index (χ1v) is 11.4. The highest BCUT2D eigenvalue weighted by Crippen LogP contribution is 2.35. The number of nitrogens with one attached hydrogen (secondary N) is 2. The zero-order valence-electron chi connectivity index (χ0n) is 17.5. The summed E-state index contributed by atoms with van der Waals surface area (Å²) >= 11 is 11.7. The first-order valence-electron chi connectivity index (χ1n) is 10.6. The summed E-state index contributed by atoms with van der Waals surface area (Å²) in [6, 6.07) is 7.79.